The van der Waals surface area contributed by atoms with Gasteiger partial charge < -0.3 is 9.84 Å². The third-order valence-corrected chi connectivity index (χ3v) is 4.61. The number of esters is 1. The molecule has 2 aromatic carbocycles. The summed E-state index contributed by atoms with van der Waals surface area (Å²) in [6.45, 7) is 1.84. The monoisotopic (exact) mass is 423 g/mol. The second kappa shape index (κ2) is 10.9. The van der Waals surface area contributed by atoms with E-state index in [0.29, 0.717) is 5.56 Å². The molecule has 3 rings (SSSR count). The molecule has 3 aromatic rings. The van der Waals surface area contributed by atoms with Gasteiger partial charge in [0.25, 0.3) is 0 Å². The van der Waals surface area contributed by atoms with Crippen LogP contribution in [0.1, 0.15) is 46.0 Å². The average Bonchev–Trinajstić information content (AvgIpc) is 2.77. The van der Waals surface area contributed by atoms with Crippen molar-refractivity contribution in [2.24, 2.45) is 0 Å². The van der Waals surface area contributed by atoms with E-state index < -0.39 is 18.0 Å². The van der Waals surface area contributed by atoms with Crippen LogP contribution in [0.2, 0.25) is 0 Å². The van der Waals surface area contributed by atoms with Gasteiger partial charge in [0.2, 0.25) is 0 Å². The minimum atomic E-state index is -1.07. The van der Waals surface area contributed by atoms with Crippen LogP contribution in [0.25, 0.3) is 6.08 Å². The quantitative estimate of drug-likeness (QED) is 0.412. The van der Waals surface area contributed by atoms with Crippen LogP contribution in [-0.2, 0) is 9.53 Å². The number of carboxylic acids is 1. The Bertz CT molecular complexity index is 1010. The Balaban J connectivity index is 0.00000320. The van der Waals surface area contributed by atoms with E-state index in [2.05, 4.69) is 4.98 Å². The normalized spacial score (nSPS) is 12.6. The number of hydrogen-bond acceptors (Lipinski definition) is 4. The van der Waals surface area contributed by atoms with E-state index in [9.17, 15) is 14.7 Å². The van der Waals surface area contributed by atoms with Gasteiger partial charge in [0.15, 0.2) is 0 Å². The number of aromatic nitrogens is 1. The van der Waals surface area contributed by atoms with Gasteiger partial charge in [0.1, 0.15) is 6.10 Å². The number of halogens is 1. The second-order valence-corrected chi connectivity index (χ2v) is 6.57. The van der Waals surface area contributed by atoms with Gasteiger partial charge in [0, 0.05) is 24.4 Å². The highest BCUT2D eigenvalue weighted by Crippen LogP contribution is 2.35. The molecule has 0 saturated carbocycles. The largest absolute Gasteiger partial charge is 0.478 e. The molecule has 2 unspecified atom stereocenters. The molecule has 0 amide bonds. The Labute approximate surface area is 181 Å². The Morgan fingerprint density at radius 3 is 2.27 bits per heavy atom. The summed E-state index contributed by atoms with van der Waals surface area (Å²) in [5.41, 5.74) is 2.32. The van der Waals surface area contributed by atoms with Crippen molar-refractivity contribution in [2.75, 3.05) is 0 Å². The van der Waals surface area contributed by atoms with Gasteiger partial charge in [0.05, 0.1) is 5.56 Å². The number of carbonyl (C=O) groups excluding carboxylic acids is 1. The van der Waals surface area contributed by atoms with E-state index in [0.717, 1.165) is 11.1 Å². The van der Waals surface area contributed by atoms with Crippen LogP contribution in [0, 0.1) is 0 Å². The average molecular weight is 424 g/mol. The van der Waals surface area contributed by atoms with Crippen molar-refractivity contribution in [3.63, 3.8) is 0 Å². The maximum atomic E-state index is 12.5. The first-order valence-corrected chi connectivity index (χ1v) is 9.22. The molecule has 30 heavy (non-hydrogen) atoms. The lowest BCUT2D eigenvalue weighted by Gasteiger charge is -2.25. The summed E-state index contributed by atoms with van der Waals surface area (Å²) in [5, 5.41) is 9.50. The Morgan fingerprint density at radius 1 is 1.00 bits per heavy atom. The molecule has 0 aliphatic heterocycles. The first kappa shape index (κ1) is 22.8. The fraction of sp³-hybridized carbons (Fsp3) is 0.125. The summed E-state index contributed by atoms with van der Waals surface area (Å²) in [5.74, 6) is -1.96. The van der Waals surface area contributed by atoms with Crippen molar-refractivity contribution >= 4 is 30.4 Å². The molecule has 1 N–H and O–H groups in total. The summed E-state index contributed by atoms with van der Waals surface area (Å²) >= 11 is 0. The zero-order valence-corrected chi connectivity index (χ0v) is 17.2. The van der Waals surface area contributed by atoms with Gasteiger partial charge in [-0.15, -0.1) is 12.4 Å². The SMILES string of the molecule is CC(c1ccncc1C(=O)O)C(OC(=O)C=Cc1ccccc1)c1ccccc1.Cl. The molecule has 0 radical (unpaired) electrons. The zero-order valence-electron chi connectivity index (χ0n) is 16.3. The molecular weight excluding hydrogens is 402 g/mol. The Morgan fingerprint density at radius 2 is 1.63 bits per heavy atom. The van der Waals surface area contributed by atoms with Crippen molar-refractivity contribution in [3.05, 3.63) is 107 Å². The predicted molar refractivity (Wildman–Crippen MR) is 118 cm³/mol. The maximum Gasteiger partial charge on any atom is 0.337 e. The molecule has 2 atom stereocenters. The number of carbonyl (C=O) groups is 2. The fourth-order valence-corrected chi connectivity index (χ4v) is 3.14. The maximum absolute atomic E-state index is 12.5. The number of aromatic carboxylic acids is 1. The molecule has 5 nitrogen and oxygen atoms in total. The highest BCUT2D eigenvalue weighted by molar-refractivity contribution is 5.89. The summed E-state index contributed by atoms with van der Waals surface area (Å²) < 4.78 is 5.77. The number of ether oxygens (including phenoxy) is 1. The van der Waals surface area contributed by atoms with Crippen LogP contribution in [-0.4, -0.2) is 22.0 Å². The molecule has 154 valence electrons. The molecule has 0 fully saturated rings. The van der Waals surface area contributed by atoms with Gasteiger partial charge in [-0.05, 0) is 28.8 Å². The number of carboxylic acid groups (broad SMARTS) is 1. The number of pyridine rings is 1. The van der Waals surface area contributed by atoms with E-state index >= 15 is 0 Å². The summed E-state index contributed by atoms with van der Waals surface area (Å²) in [6, 6.07) is 20.4. The molecular formula is C24H22ClNO4. The minimum Gasteiger partial charge on any atom is -0.478 e. The van der Waals surface area contributed by atoms with E-state index in [1.54, 1.807) is 12.1 Å². The third-order valence-electron chi connectivity index (χ3n) is 4.61. The lowest BCUT2D eigenvalue weighted by molar-refractivity contribution is -0.144. The van der Waals surface area contributed by atoms with E-state index in [-0.39, 0.29) is 23.9 Å². The van der Waals surface area contributed by atoms with Crippen LogP contribution >= 0.6 is 12.4 Å². The van der Waals surface area contributed by atoms with Crippen molar-refractivity contribution in [2.45, 2.75) is 18.9 Å². The Hall–Kier alpha value is -3.44. The van der Waals surface area contributed by atoms with Crippen molar-refractivity contribution in [3.8, 4) is 0 Å². The van der Waals surface area contributed by atoms with E-state index in [1.807, 2.05) is 67.6 Å². The molecule has 0 bridgehead atoms. The topological polar surface area (TPSA) is 76.5 Å². The second-order valence-electron chi connectivity index (χ2n) is 6.57. The molecule has 0 aliphatic carbocycles. The van der Waals surface area contributed by atoms with Crippen LogP contribution in [0.4, 0.5) is 0 Å². The van der Waals surface area contributed by atoms with Gasteiger partial charge in [-0.25, -0.2) is 9.59 Å². The lowest BCUT2D eigenvalue weighted by Crippen LogP contribution is -2.18. The van der Waals surface area contributed by atoms with Crippen molar-refractivity contribution in [1.82, 2.24) is 4.98 Å². The standard InChI is InChI=1S/C24H21NO4.ClH/c1-17(20-14-15-25-16-21(20)24(27)28)23(19-10-6-3-7-11-19)29-22(26)13-12-18-8-4-2-5-9-18;/h2-17,23H,1H3,(H,27,28);1H. The van der Waals surface area contributed by atoms with Crippen molar-refractivity contribution in [1.29, 1.82) is 0 Å². The van der Waals surface area contributed by atoms with Crippen LogP contribution < -0.4 is 0 Å². The third kappa shape index (κ3) is 5.78. The van der Waals surface area contributed by atoms with Gasteiger partial charge >= 0.3 is 11.9 Å². The number of nitrogens with zero attached hydrogens (tertiary/aromatic N) is 1. The first-order chi connectivity index (χ1) is 14.1. The molecule has 0 saturated heterocycles. The van der Waals surface area contributed by atoms with Crippen LogP contribution in [0.3, 0.4) is 0 Å². The highest BCUT2D eigenvalue weighted by Gasteiger charge is 2.27. The first-order valence-electron chi connectivity index (χ1n) is 9.22. The number of benzene rings is 2. The number of rotatable bonds is 7. The van der Waals surface area contributed by atoms with Gasteiger partial charge in [-0.1, -0.05) is 67.6 Å². The Kier molecular flexibility index (Phi) is 8.32. The van der Waals surface area contributed by atoms with Crippen molar-refractivity contribution < 1.29 is 19.4 Å². The fourth-order valence-electron chi connectivity index (χ4n) is 3.14. The van der Waals surface area contributed by atoms with Gasteiger partial charge in [-0.2, -0.15) is 0 Å². The summed E-state index contributed by atoms with van der Waals surface area (Å²) in [7, 11) is 0. The molecule has 1 heterocycles. The van der Waals surface area contributed by atoms with Crippen LogP contribution in [0.5, 0.6) is 0 Å². The molecule has 6 heteroatoms. The molecule has 1 aromatic heterocycles. The smallest absolute Gasteiger partial charge is 0.337 e. The summed E-state index contributed by atoms with van der Waals surface area (Å²) in [4.78, 5) is 28.0. The lowest BCUT2D eigenvalue weighted by atomic mass is 9.88. The van der Waals surface area contributed by atoms with Gasteiger partial charge in [-0.3, -0.25) is 4.98 Å². The molecule has 0 aliphatic rings. The van der Waals surface area contributed by atoms with E-state index in [4.69, 9.17) is 4.74 Å². The minimum absolute atomic E-state index is 0. The molecule has 0 spiro atoms. The predicted octanol–water partition coefficient (Wildman–Crippen LogP) is 5.30. The van der Waals surface area contributed by atoms with Crippen LogP contribution in [0.15, 0.2) is 85.2 Å². The number of hydrogen-bond donors (Lipinski definition) is 1. The van der Waals surface area contributed by atoms with E-state index in [1.165, 1.54) is 18.5 Å². The highest BCUT2D eigenvalue weighted by atomic mass is 35.5. The zero-order chi connectivity index (χ0) is 20.6. The summed E-state index contributed by atoms with van der Waals surface area (Å²) in [6.07, 6.45) is 5.27.